The van der Waals surface area contributed by atoms with Gasteiger partial charge in [0, 0.05) is 5.56 Å². The van der Waals surface area contributed by atoms with Gasteiger partial charge < -0.3 is 5.11 Å². The fourth-order valence-electron chi connectivity index (χ4n) is 2.25. The Morgan fingerprint density at radius 2 is 1.93 bits per heavy atom. The Morgan fingerprint density at radius 1 is 1.29 bits per heavy atom. The largest absolute Gasteiger partial charge is 0.508 e. The maximum Gasteiger partial charge on any atom is 0.133 e. The molecule has 1 fully saturated rings. The van der Waals surface area contributed by atoms with Crippen LogP contribution in [-0.4, -0.2) is 5.11 Å². The molecule has 0 heterocycles. The van der Waals surface area contributed by atoms with E-state index in [0.29, 0.717) is 11.5 Å². The quantitative estimate of drug-likeness (QED) is 0.725. The lowest BCUT2D eigenvalue weighted by atomic mass is 9.95. The zero-order valence-corrected chi connectivity index (χ0v) is 8.39. The van der Waals surface area contributed by atoms with Gasteiger partial charge in [0.15, 0.2) is 0 Å². The highest BCUT2D eigenvalue weighted by Crippen LogP contribution is 2.37. The number of hydrogen-bond donors (Lipinski definition) is 1. The molecular weight excluding hydrogens is 179 g/mol. The first-order chi connectivity index (χ1) is 6.70. The molecule has 1 saturated carbocycles. The minimum Gasteiger partial charge on any atom is -0.508 e. The Labute approximate surface area is 83.6 Å². The van der Waals surface area contributed by atoms with E-state index in [2.05, 4.69) is 0 Å². The van der Waals surface area contributed by atoms with Gasteiger partial charge in [-0.1, -0.05) is 18.9 Å². The second-order valence-corrected chi connectivity index (χ2v) is 4.09. The molecule has 1 aliphatic carbocycles. The number of phenolic OH excluding ortho intramolecular Hbond substituents is 1. The zero-order valence-electron chi connectivity index (χ0n) is 8.39. The fourth-order valence-corrected chi connectivity index (χ4v) is 2.25. The molecule has 0 radical (unpaired) electrons. The second-order valence-electron chi connectivity index (χ2n) is 4.09. The van der Waals surface area contributed by atoms with Gasteiger partial charge in [-0.25, -0.2) is 4.39 Å². The first-order valence-corrected chi connectivity index (χ1v) is 5.18. The van der Waals surface area contributed by atoms with Gasteiger partial charge in [-0.3, -0.25) is 0 Å². The highest BCUT2D eigenvalue weighted by molar-refractivity contribution is 5.38. The van der Waals surface area contributed by atoms with E-state index in [-0.39, 0.29) is 11.6 Å². The van der Waals surface area contributed by atoms with E-state index in [4.69, 9.17) is 0 Å². The number of benzene rings is 1. The molecule has 0 bridgehead atoms. The van der Waals surface area contributed by atoms with Gasteiger partial charge >= 0.3 is 0 Å². The molecule has 1 aromatic rings. The smallest absolute Gasteiger partial charge is 0.133 e. The summed E-state index contributed by atoms with van der Waals surface area (Å²) < 4.78 is 13.8. The van der Waals surface area contributed by atoms with E-state index in [1.54, 1.807) is 19.1 Å². The van der Waals surface area contributed by atoms with Crippen LogP contribution in [0.15, 0.2) is 12.1 Å². The van der Waals surface area contributed by atoms with Crippen LogP contribution in [0.2, 0.25) is 0 Å². The van der Waals surface area contributed by atoms with Crippen molar-refractivity contribution in [2.75, 3.05) is 0 Å². The summed E-state index contributed by atoms with van der Waals surface area (Å²) in [7, 11) is 0. The van der Waals surface area contributed by atoms with E-state index < -0.39 is 0 Å². The Morgan fingerprint density at radius 3 is 2.57 bits per heavy atom. The van der Waals surface area contributed by atoms with Crippen molar-refractivity contribution in [3.05, 3.63) is 29.1 Å². The van der Waals surface area contributed by atoms with Crippen LogP contribution in [0, 0.1) is 12.7 Å². The summed E-state index contributed by atoms with van der Waals surface area (Å²) >= 11 is 0. The number of halogens is 1. The topological polar surface area (TPSA) is 20.2 Å². The summed E-state index contributed by atoms with van der Waals surface area (Å²) in [5.74, 6) is 0.218. The summed E-state index contributed by atoms with van der Waals surface area (Å²) in [4.78, 5) is 0. The Bertz CT molecular complexity index is 340. The summed E-state index contributed by atoms with van der Waals surface area (Å²) in [6.45, 7) is 1.63. The van der Waals surface area contributed by atoms with Gasteiger partial charge in [0.25, 0.3) is 0 Å². The van der Waals surface area contributed by atoms with Crippen LogP contribution >= 0.6 is 0 Å². The fraction of sp³-hybridized carbons (Fsp3) is 0.500. The predicted octanol–water partition coefficient (Wildman–Crippen LogP) is 3.50. The molecule has 1 aromatic carbocycles. The minimum absolute atomic E-state index is 0.0595. The molecule has 2 rings (SSSR count). The molecule has 0 unspecified atom stereocenters. The van der Waals surface area contributed by atoms with Crippen LogP contribution in [0.4, 0.5) is 4.39 Å². The average molecular weight is 194 g/mol. The molecule has 76 valence electrons. The summed E-state index contributed by atoms with van der Waals surface area (Å²) in [6.07, 6.45) is 4.57. The Balaban J connectivity index is 2.38. The molecule has 1 aliphatic rings. The average Bonchev–Trinajstić information content (AvgIpc) is 2.67. The third-order valence-electron chi connectivity index (χ3n) is 3.18. The summed E-state index contributed by atoms with van der Waals surface area (Å²) in [5.41, 5.74) is 1.17. The van der Waals surface area contributed by atoms with Crippen molar-refractivity contribution in [3.63, 3.8) is 0 Å². The molecule has 1 nitrogen and oxygen atoms in total. The highest BCUT2D eigenvalue weighted by Gasteiger charge is 2.21. The molecule has 0 amide bonds. The monoisotopic (exact) mass is 194 g/mol. The van der Waals surface area contributed by atoms with E-state index in [1.165, 1.54) is 12.8 Å². The first-order valence-electron chi connectivity index (χ1n) is 5.18. The van der Waals surface area contributed by atoms with E-state index in [1.807, 2.05) is 0 Å². The number of rotatable bonds is 1. The molecule has 2 heteroatoms. The van der Waals surface area contributed by atoms with Gasteiger partial charge in [0.1, 0.15) is 11.6 Å². The van der Waals surface area contributed by atoms with Crippen molar-refractivity contribution >= 4 is 0 Å². The molecule has 0 aliphatic heterocycles. The van der Waals surface area contributed by atoms with E-state index >= 15 is 0 Å². The number of aromatic hydroxyl groups is 1. The lowest BCUT2D eigenvalue weighted by Gasteiger charge is -2.12. The lowest BCUT2D eigenvalue weighted by molar-refractivity contribution is 0.459. The van der Waals surface area contributed by atoms with Gasteiger partial charge in [-0.05, 0) is 37.3 Å². The van der Waals surface area contributed by atoms with Crippen molar-refractivity contribution in [2.24, 2.45) is 0 Å². The third kappa shape index (κ3) is 1.49. The van der Waals surface area contributed by atoms with Crippen molar-refractivity contribution in [1.29, 1.82) is 0 Å². The van der Waals surface area contributed by atoms with Crippen molar-refractivity contribution in [2.45, 2.75) is 38.5 Å². The highest BCUT2D eigenvalue weighted by atomic mass is 19.1. The van der Waals surface area contributed by atoms with E-state index in [0.717, 1.165) is 18.4 Å². The Hall–Kier alpha value is -1.05. The van der Waals surface area contributed by atoms with Crippen LogP contribution in [0.1, 0.15) is 42.7 Å². The maximum absolute atomic E-state index is 13.8. The minimum atomic E-state index is -0.211. The molecule has 0 aromatic heterocycles. The third-order valence-corrected chi connectivity index (χ3v) is 3.18. The van der Waals surface area contributed by atoms with Crippen LogP contribution in [0.3, 0.4) is 0 Å². The molecule has 14 heavy (non-hydrogen) atoms. The van der Waals surface area contributed by atoms with Crippen molar-refractivity contribution in [3.8, 4) is 5.75 Å². The standard InChI is InChI=1S/C12H15FO/c1-8-11(14)7-6-10(12(8)13)9-4-2-3-5-9/h6-7,9,14H,2-5H2,1H3. The molecule has 0 spiro atoms. The lowest BCUT2D eigenvalue weighted by Crippen LogP contribution is -1.98. The number of hydrogen-bond acceptors (Lipinski definition) is 1. The molecule has 0 atom stereocenters. The van der Waals surface area contributed by atoms with Crippen LogP contribution in [0.25, 0.3) is 0 Å². The van der Waals surface area contributed by atoms with Gasteiger partial charge in [-0.2, -0.15) is 0 Å². The van der Waals surface area contributed by atoms with Gasteiger partial charge in [0.2, 0.25) is 0 Å². The summed E-state index contributed by atoms with van der Waals surface area (Å²) in [5, 5.41) is 9.33. The molecule has 0 saturated heterocycles. The SMILES string of the molecule is Cc1c(O)ccc(C2CCCC2)c1F. The predicted molar refractivity (Wildman–Crippen MR) is 54.0 cm³/mol. The van der Waals surface area contributed by atoms with Crippen LogP contribution in [-0.2, 0) is 0 Å². The van der Waals surface area contributed by atoms with Gasteiger partial charge in [-0.15, -0.1) is 0 Å². The zero-order chi connectivity index (χ0) is 10.1. The maximum atomic E-state index is 13.8. The Kier molecular flexibility index (Phi) is 2.44. The van der Waals surface area contributed by atoms with Crippen molar-refractivity contribution < 1.29 is 9.50 Å². The van der Waals surface area contributed by atoms with Gasteiger partial charge in [0.05, 0.1) is 0 Å². The normalized spacial score (nSPS) is 17.6. The summed E-state index contributed by atoms with van der Waals surface area (Å²) in [6, 6.07) is 3.33. The molecular formula is C12H15FO. The second kappa shape index (κ2) is 3.60. The number of phenols is 1. The first kappa shape index (κ1) is 9.50. The van der Waals surface area contributed by atoms with Crippen molar-refractivity contribution in [1.82, 2.24) is 0 Å². The van der Waals surface area contributed by atoms with Crippen LogP contribution in [0.5, 0.6) is 5.75 Å². The van der Waals surface area contributed by atoms with E-state index in [9.17, 15) is 9.50 Å². The van der Waals surface area contributed by atoms with Crippen LogP contribution < -0.4 is 0 Å². The molecule has 1 N–H and O–H groups in total.